The molecule has 0 spiro atoms. The van der Waals surface area contributed by atoms with Crippen molar-refractivity contribution in [1.82, 2.24) is 14.7 Å². The Kier molecular flexibility index (Phi) is 12.3. The quantitative estimate of drug-likeness (QED) is 0.282. The Morgan fingerprint density at radius 1 is 0.863 bits per heavy atom. The zero-order valence-corrected chi connectivity index (χ0v) is 31.9. The number of carbonyl (C=O) groups is 2. The summed E-state index contributed by atoms with van der Waals surface area (Å²) in [4.78, 5) is 33.3. The summed E-state index contributed by atoms with van der Waals surface area (Å²) in [5, 5.41) is 0.937. The van der Waals surface area contributed by atoms with E-state index < -0.39 is 5.60 Å². The average Bonchev–Trinajstić information content (AvgIpc) is 3.17. The number of nitrogens with two attached hydrogens (primary N) is 1. The van der Waals surface area contributed by atoms with Crippen LogP contribution < -0.4 is 19.9 Å². The van der Waals surface area contributed by atoms with Crippen molar-refractivity contribution in [3.05, 3.63) is 51.5 Å². The van der Waals surface area contributed by atoms with Crippen LogP contribution in [-0.2, 0) is 15.1 Å². The van der Waals surface area contributed by atoms with Crippen LogP contribution in [-0.4, -0.2) is 106 Å². The third-order valence-electron chi connectivity index (χ3n) is 12.3. The Labute approximate surface area is 312 Å². The lowest BCUT2D eigenvalue weighted by atomic mass is 9.68. The van der Waals surface area contributed by atoms with Gasteiger partial charge in [-0.2, -0.15) is 0 Å². The third kappa shape index (κ3) is 7.96. The maximum atomic E-state index is 14.1. The van der Waals surface area contributed by atoms with Gasteiger partial charge in [-0.1, -0.05) is 48.5 Å². The molecule has 3 saturated heterocycles. The van der Waals surface area contributed by atoms with Crippen LogP contribution in [0.1, 0.15) is 80.1 Å². The number of halogens is 2. The highest BCUT2D eigenvalue weighted by atomic mass is 35.5. The van der Waals surface area contributed by atoms with E-state index in [2.05, 4.69) is 9.80 Å². The molecule has 1 saturated carbocycles. The second-order valence-electron chi connectivity index (χ2n) is 14.8. The van der Waals surface area contributed by atoms with Crippen LogP contribution in [0.5, 0.6) is 17.2 Å². The maximum Gasteiger partial charge on any atom is 0.254 e. The molecule has 1 atom stereocenters. The average molecular weight is 746 g/mol. The first kappa shape index (κ1) is 38.0. The summed E-state index contributed by atoms with van der Waals surface area (Å²) in [6.45, 7) is 5.89. The van der Waals surface area contributed by atoms with Crippen molar-refractivity contribution in [3.63, 3.8) is 0 Å². The van der Waals surface area contributed by atoms with E-state index in [4.69, 9.17) is 47.9 Å². The zero-order valence-electron chi connectivity index (χ0n) is 30.4. The molecule has 0 radical (unpaired) electrons. The Balaban J connectivity index is 1.20. The molecule has 3 aliphatic heterocycles. The molecule has 6 rings (SSSR count). The predicted octanol–water partition coefficient (Wildman–Crippen LogP) is 6.39. The molecule has 1 aliphatic carbocycles. The van der Waals surface area contributed by atoms with Crippen LogP contribution in [0.2, 0.25) is 10.0 Å². The smallest absolute Gasteiger partial charge is 0.254 e. The topological polar surface area (TPSA) is 107 Å². The van der Waals surface area contributed by atoms with E-state index in [1.165, 1.54) is 32.1 Å². The monoisotopic (exact) mass is 744 g/mol. The number of primary amides is 1. The van der Waals surface area contributed by atoms with Crippen LogP contribution in [0.25, 0.3) is 0 Å². The number of rotatable bonds is 11. The van der Waals surface area contributed by atoms with Gasteiger partial charge in [0.25, 0.3) is 5.91 Å². The molecule has 12 heteroatoms. The van der Waals surface area contributed by atoms with Crippen molar-refractivity contribution in [3.8, 4) is 17.2 Å². The number of amides is 2. The fraction of sp³-hybridized carbons (Fsp3) is 0.641. The van der Waals surface area contributed by atoms with Gasteiger partial charge in [0, 0.05) is 30.1 Å². The van der Waals surface area contributed by atoms with Gasteiger partial charge in [-0.15, -0.1) is 0 Å². The minimum Gasteiger partial charge on any atom is -0.493 e. The number of likely N-dealkylation sites (tertiary alicyclic amines) is 2. The van der Waals surface area contributed by atoms with Gasteiger partial charge in [0.05, 0.1) is 44.5 Å². The molecule has 4 fully saturated rings. The molecule has 2 aromatic rings. The van der Waals surface area contributed by atoms with E-state index in [1.54, 1.807) is 33.5 Å². The summed E-state index contributed by atoms with van der Waals surface area (Å²) in [5.74, 6) is 1.69. The summed E-state index contributed by atoms with van der Waals surface area (Å²) in [6.07, 6.45) is 11.2. The molecule has 2 aromatic carbocycles. The van der Waals surface area contributed by atoms with Crippen molar-refractivity contribution in [2.24, 2.45) is 17.6 Å². The highest BCUT2D eigenvalue weighted by molar-refractivity contribution is 6.42. The van der Waals surface area contributed by atoms with Crippen molar-refractivity contribution < 1.29 is 28.5 Å². The van der Waals surface area contributed by atoms with E-state index in [0.717, 1.165) is 64.0 Å². The predicted molar refractivity (Wildman–Crippen MR) is 199 cm³/mol. The van der Waals surface area contributed by atoms with Gasteiger partial charge >= 0.3 is 0 Å². The number of ether oxygens (including phenoxy) is 4. The summed E-state index contributed by atoms with van der Waals surface area (Å²) >= 11 is 13.0. The summed E-state index contributed by atoms with van der Waals surface area (Å²) in [7, 11) is 4.63. The Hall–Kier alpha value is -2.76. The first-order chi connectivity index (χ1) is 24.6. The number of benzene rings is 2. The van der Waals surface area contributed by atoms with E-state index in [0.29, 0.717) is 64.9 Å². The van der Waals surface area contributed by atoms with Crippen LogP contribution in [0, 0.1) is 11.8 Å². The van der Waals surface area contributed by atoms with Crippen molar-refractivity contribution in [2.75, 3.05) is 73.7 Å². The first-order valence-corrected chi connectivity index (χ1v) is 19.3. The molecule has 0 aromatic heterocycles. The Morgan fingerprint density at radius 2 is 1.53 bits per heavy atom. The molecule has 1 unspecified atom stereocenters. The lowest BCUT2D eigenvalue weighted by Gasteiger charge is -2.56. The number of hydrogen-bond donors (Lipinski definition) is 1. The lowest BCUT2D eigenvalue weighted by Crippen LogP contribution is -2.62. The molecular weight excluding hydrogens is 691 g/mol. The fourth-order valence-electron chi connectivity index (χ4n) is 9.33. The second kappa shape index (κ2) is 16.5. The SMILES string of the molecule is COc1cc(C(=O)N2CCOC(CCN3CCC(C4CCCCC4)(N4CCC(C(N)=O)CC4)CC3)(c3ccc(Cl)c(Cl)c3)C2)cc(OC)c1OC. The van der Waals surface area contributed by atoms with Gasteiger partial charge < -0.3 is 34.5 Å². The molecule has 2 N–H and O–H groups in total. The standard InChI is InChI=1S/C39H54Cl2N4O6/c1-48-33-23-28(24-34(49-2)35(33)50-3)37(47)44-21-22-51-39(26-44,30-9-10-31(40)32(41)25-30)15-20-43-18-13-38(14-19-43,29-7-5-4-6-8-29)45-16-11-27(12-17-45)36(42)46/h9-10,23-25,27,29H,4-8,11-22,26H2,1-3H3,(H2,42,46). The molecule has 2 amide bonds. The fourth-order valence-corrected chi connectivity index (χ4v) is 9.63. The molecule has 280 valence electrons. The van der Waals surface area contributed by atoms with E-state index >= 15 is 0 Å². The number of hydrogen-bond acceptors (Lipinski definition) is 8. The van der Waals surface area contributed by atoms with Gasteiger partial charge in [-0.05, 0) is 107 Å². The zero-order chi connectivity index (χ0) is 36.2. The van der Waals surface area contributed by atoms with E-state index in [1.807, 2.05) is 23.1 Å². The highest BCUT2D eigenvalue weighted by Crippen LogP contribution is 2.46. The second-order valence-corrected chi connectivity index (χ2v) is 15.6. The van der Waals surface area contributed by atoms with Gasteiger partial charge in [0.1, 0.15) is 5.60 Å². The summed E-state index contributed by atoms with van der Waals surface area (Å²) < 4.78 is 23.3. The molecule has 3 heterocycles. The summed E-state index contributed by atoms with van der Waals surface area (Å²) in [5.41, 5.74) is 6.46. The highest BCUT2D eigenvalue weighted by Gasteiger charge is 2.48. The van der Waals surface area contributed by atoms with Gasteiger partial charge in [-0.3, -0.25) is 14.5 Å². The van der Waals surface area contributed by atoms with Gasteiger partial charge in [0.15, 0.2) is 11.5 Å². The van der Waals surface area contributed by atoms with Crippen LogP contribution in [0.4, 0.5) is 0 Å². The minimum absolute atomic E-state index is 0.00183. The lowest BCUT2D eigenvalue weighted by molar-refractivity contribution is -0.125. The van der Waals surface area contributed by atoms with Crippen molar-refractivity contribution >= 4 is 35.0 Å². The largest absolute Gasteiger partial charge is 0.493 e. The van der Waals surface area contributed by atoms with Crippen LogP contribution in [0.3, 0.4) is 0 Å². The maximum absolute atomic E-state index is 14.1. The Bertz CT molecular complexity index is 1510. The number of morpholine rings is 1. The minimum atomic E-state index is -0.780. The summed E-state index contributed by atoms with van der Waals surface area (Å²) in [6, 6.07) is 9.06. The van der Waals surface area contributed by atoms with E-state index in [9.17, 15) is 9.59 Å². The first-order valence-electron chi connectivity index (χ1n) is 18.6. The molecule has 4 aliphatic rings. The number of methoxy groups -OCH3 is 3. The number of piperidine rings is 2. The normalized spacial score (nSPS) is 23.9. The van der Waals surface area contributed by atoms with Crippen LogP contribution in [0.15, 0.2) is 30.3 Å². The number of carbonyl (C=O) groups excluding carboxylic acids is 2. The van der Waals surface area contributed by atoms with Crippen LogP contribution >= 0.6 is 23.2 Å². The van der Waals surface area contributed by atoms with Gasteiger partial charge in [0.2, 0.25) is 11.7 Å². The van der Waals surface area contributed by atoms with Crippen molar-refractivity contribution in [2.45, 2.75) is 75.3 Å². The number of nitrogens with zero attached hydrogens (tertiary/aromatic N) is 3. The molecule has 10 nitrogen and oxygen atoms in total. The molecular formula is C39H54Cl2N4O6. The van der Waals surface area contributed by atoms with Crippen molar-refractivity contribution in [1.29, 1.82) is 0 Å². The third-order valence-corrected chi connectivity index (χ3v) is 13.0. The Morgan fingerprint density at radius 3 is 2.12 bits per heavy atom. The van der Waals surface area contributed by atoms with Gasteiger partial charge in [-0.25, -0.2) is 0 Å². The van der Waals surface area contributed by atoms with E-state index in [-0.39, 0.29) is 23.3 Å². The molecule has 0 bridgehead atoms. The molecule has 51 heavy (non-hydrogen) atoms.